The summed E-state index contributed by atoms with van der Waals surface area (Å²) in [7, 11) is 0. The van der Waals surface area contributed by atoms with Crippen molar-refractivity contribution < 1.29 is 19.7 Å². The van der Waals surface area contributed by atoms with E-state index in [1.54, 1.807) is 0 Å². The number of hydrogen-bond donors (Lipinski definition) is 2. The fraction of sp³-hybridized carbons (Fsp3) is 0.364. The fourth-order valence-corrected chi connectivity index (χ4v) is 3.30. The van der Waals surface area contributed by atoms with Gasteiger partial charge >= 0.3 is 5.97 Å². The molecule has 0 spiro atoms. The van der Waals surface area contributed by atoms with Crippen molar-refractivity contribution in [1.82, 2.24) is 0 Å². The van der Waals surface area contributed by atoms with Gasteiger partial charge in [-0.2, -0.15) is 5.26 Å². The minimum atomic E-state index is -1.15. The Bertz CT molecular complexity index is 910. The van der Waals surface area contributed by atoms with Gasteiger partial charge in [-0.1, -0.05) is 18.2 Å². The molecule has 0 radical (unpaired) electrons. The van der Waals surface area contributed by atoms with E-state index in [-0.39, 0.29) is 12.2 Å². The molecule has 1 unspecified atom stereocenters. The van der Waals surface area contributed by atoms with Crippen LogP contribution in [-0.4, -0.2) is 48.6 Å². The lowest BCUT2D eigenvalue weighted by Crippen LogP contribution is -2.29. The fourth-order valence-electron chi connectivity index (χ4n) is 3.30. The van der Waals surface area contributed by atoms with Crippen LogP contribution in [-0.2, 0) is 9.53 Å². The van der Waals surface area contributed by atoms with Crippen LogP contribution < -0.4 is 4.90 Å². The van der Waals surface area contributed by atoms with Gasteiger partial charge in [0, 0.05) is 18.8 Å². The van der Waals surface area contributed by atoms with Crippen LogP contribution in [0.5, 0.6) is 0 Å². The number of nitriles is 1. The summed E-state index contributed by atoms with van der Waals surface area (Å²) in [5, 5.41) is 29.4. The molecule has 1 aliphatic heterocycles. The minimum Gasteiger partial charge on any atom is -0.459 e. The smallest absolute Gasteiger partial charge is 0.348 e. The first kappa shape index (κ1) is 19.9. The van der Waals surface area contributed by atoms with Crippen LogP contribution >= 0.6 is 0 Å². The number of ether oxygens (including phenoxy) is 1. The Kier molecular flexibility index (Phi) is 6.64. The van der Waals surface area contributed by atoms with Crippen molar-refractivity contribution in [2.45, 2.75) is 25.4 Å². The van der Waals surface area contributed by atoms with Gasteiger partial charge in [0.05, 0.1) is 6.61 Å². The molecule has 28 heavy (non-hydrogen) atoms. The van der Waals surface area contributed by atoms with Gasteiger partial charge in [-0.05, 0) is 59.9 Å². The van der Waals surface area contributed by atoms with E-state index in [0.717, 1.165) is 29.4 Å². The summed E-state index contributed by atoms with van der Waals surface area (Å²) in [4.78, 5) is 14.4. The first-order valence-electron chi connectivity index (χ1n) is 9.47. The van der Waals surface area contributed by atoms with Gasteiger partial charge in [-0.3, -0.25) is 0 Å². The van der Waals surface area contributed by atoms with Crippen molar-refractivity contribution in [3.05, 3.63) is 47.5 Å². The summed E-state index contributed by atoms with van der Waals surface area (Å²) in [6, 6.07) is 13.9. The zero-order valence-electron chi connectivity index (χ0n) is 15.7. The first-order chi connectivity index (χ1) is 13.6. The zero-order valence-corrected chi connectivity index (χ0v) is 15.7. The second kappa shape index (κ2) is 9.36. The molecule has 0 saturated carbocycles. The third kappa shape index (κ3) is 4.89. The number of carbonyl (C=O) groups is 1. The Balaban J connectivity index is 1.78. The second-order valence-electron chi connectivity index (χ2n) is 6.94. The molecule has 1 heterocycles. The number of nitrogens with zero attached hydrogens (tertiary/aromatic N) is 2. The summed E-state index contributed by atoms with van der Waals surface area (Å²) in [5.74, 6) is -0.824. The number of aliphatic hydroxyl groups excluding tert-OH is 2. The van der Waals surface area contributed by atoms with Gasteiger partial charge in [0.25, 0.3) is 0 Å². The van der Waals surface area contributed by atoms with Gasteiger partial charge in [0.2, 0.25) is 0 Å². The maximum atomic E-state index is 12.0. The summed E-state index contributed by atoms with van der Waals surface area (Å²) in [5.41, 5.74) is 1.78. The lowest BCUT2D eigenvalue weighted by atomic mass is 10.0. The van der Waals surface area contributed by atoms with Gasteiger partial charge in [0.1, 0.15) is 24.4 Å². The molecule has 1 fully saturated rings. The molecule has 6 nitrogen and oxygen atoms in total. The van der Waals surface area contributed by atoms with Crippen LogP contribution in [0.2, 0.25) is 0 Å². The lowest BCUT2D eigenvalue weighted by molar-refractivity contribution is -0.142. The maximum Gasteiger partial charge on any atom is 0.348 e. The molecule has 1 aliphatic rings. The molecule has 3 rings (SSSR count). The minimum absolute atomic E-state index is 0.158. The van der Waals surface area contributed by atoms with Crippen LogP contribution in [0.4, 0.5) is 5.69 Å². The third-order valence-electron chi connectivity index (χ3n) is 4.84. The summed E-state index contributed by atoms with van der Waals surface area (Å²) < 4.78 is 4.85. The van der Waals surface area contributed by atoms with Crippen LogP contribution in [0.25, 0.3) is 16.8 Å². The van der Waals surface area contributed by atoms with Crippen molar-refractivity contribution in [1.29, 1.82) is 5.26 Å². The topological polar surface area (TPSA) is 93.8 Å². The molecular formula is C22H24N2O4. The molecule has 0 amide bonds. The second-order valence-corrected chi connectivity index (χ2v) is 6.94. The Morgan fingerprint density at radius 2 is 1.89 bits per heavy atom. The highest BCUT2D eigenvalue weighted by Crippen LogP contribution is 2.26. The lowest BCUT2D eigenvalue weighted by Gasteiger charge is -2.29. The normalized spacial score (nSPS) is 15.9. The molecule has 2 N–H and O–H groups in total. The molecule has 6 heteroatoms. The monoisotopic (exact) mass is 380 g/mol. The number of esters is 1. The van der Waals surface area contributed by atoms with Crippen molar-refractivity contribution >= 4 is 28.5 Å². The van der Waals surface area contributed by atoms with E-state index in [2.05, 4.69) is 23.1 Å². The van der Waals surface area contributed by atoms with E-state index >= 15 is 0 Å². The SMILES string of the molecule is N#C/C(=C\c1ccc2cc(N3CCCCC3)ccc2c1)C(=O)OCC(O)CO. The number of aliphatic hydroxyl groups is 2. The molecule has 0 aromatic heterocycles. The predicted octanol–water partition coefficient (Wildman–Crippen LogP) is 2.63. The van der Waals surface area contributed by atoms with Gasteiger partial charge in [-0.15, -0.1) is 0 Å². The summed E-state index contributed by atoms with van der Waals surface area (Å²) >= 11 is 0. The van der Waals surface area contributed by atoms with Gasteiger partial charge in [-0.25, -0.2) is 4.79 Å². The Hall–Kier alpha value is -2.88. The quantitative estimate of drug-likeness (QED) is 0.455. The predicted molar refractivity (Wildman–Crippen MR) is 108 cm³/mol. The summed E-state index contributed by atoms with van der Waals surface area (Å²) in [6.07, 6.45) is 4.06. The summed E-state index contributed by atoms with van der Waals surface area (Å²) in [6.45, 7) is 1.31. The number of piperidine rings is 1. The molecular weight excluding hydrogens is 356 g/mol. The maximum absolute atomic E-state index is 12.0. The molecule has 0 aliphatic carbocycles. The Morgan fingerprint density at radius 1 is 1.18 bits per heavy atom. The van der Waals surface area contributed by atoms with Gasteiger partial charge < -0.3 is 19.8 Å². The van der Waals surface area contributed by atoms with Crippen molar-refractivity contribution in [2.75, 3.05) is 31.2 Å². The largest absolute Gasteiger partial charge is 0.459 e. The number of hydrogen-bond acceptors (Lipinski definition) is 6. The van der Waals surface area contributed by atoms with Gasteiger partial charge in [0.15, 0.2) is 0 Å². The van der Waals surface area contributed by atoms with Crippen molar-refractivity contribution in [3.8, 4) is 6.07 Å². The Labute approximate surface area is 164 Å². The molecule has 146 valence electrons. The number of benzene rings is 2. The molecule has 0 bridgehead atoms. The van der Waals surface area contributed by atoms with E-state index in [1.165, 1.54) is 31.0 Å². The first-order valence-corrected chi connectivity index (χ1v) is 9.47. The number of fused-ring (bicyclic) bond motifs is 1. The van der Waals surface area contributed by atoms with Crippen molar-refractivity contribution in [3.63, 3.8) is 0 Å². The molecule has 2 aromatic carbocycles. The van der Waals surface area contributed by atoms with E-state index < -0.39 is 18.7 Å². The highest BCUT2D eigenvalue weighted by atomic mass is 16.5. The average Bonchev–Trinajstić information content (AvgIpc) is 2.75. The highest BCUT2D eigenvalue weighted by Gasteiger charge is 2.14. The zero-order chi connectivity index (χ0) is 19.9. The molecule has 1 saturated heterocycles. The third-order valence-corrected chi connectivity index (χ3v) is 4.84. The van der Waals surface area contributed by atoms with E-state index in [9.17, 15) is 15.2 Å². The van der Waals surface area contributed by atoms with Crippen LogP contribution in [0.15, 0.2) is 42.0 Å². The van der Waals surface area contributed by atoms with Crippen LogP contribution in [0, 0.1) is 11.3 Å². The number of carbonyl (C=O) groups excluding carboxylic acids is 1. The highest BCUT2D eigenvalue weighted by molar-refractivity contribution is 5.98. The van der Waals surface area contributed by atoms with Crippen LogP contribution in [0.3, 0.4) is 0 Å². The van der Waals surface area contributed by atoms with Crippen LogP contribution in [0.1, 0.15) is 24.8 Å². The number of rotatable bonds is 6. The van der Waals surface area contributed by atoms with Crippen molar-refractivity contribution in [2.24, 2.45) is 0 Å². The number of anilines is 1. The van der Waals surface area contributed by atoms with E-state index in [4.69, 9.17) is 9.84 Å². The Morgan fingerprint density at radius 3 is 2.61 bits per heavy atom. The standard InChI is InChI=1S/C22H24N2O4/c23-13-19(22(27)28-15-21(26)14-25)11-16-4-5-18-12-20(7-6-17(18)10-16)24-8-2-1-3-9-24/h4-7,10-12,21,25-26H,1-3,8-9,14-15H2/b19-11+. The van der Waals surface area contributed by atoms with E-state index in [1.807, 2.05) is 24.3 Å². The molecule has 2 aromatic rings. The van der Waals surface area contributed by atoms with E-state index in [0.29, 0.717) is 0 Å². The molecule has 1 atom stereocenters. The average molecular weight is 380 g/mol.